The molecule has 0 N–H and O–H groups in total. The van der Waals surface area contributed by atoms with Crippen molar-refractivity contribution in [2.75, 3.05) is 13.1 Å². The van der Waals surface area contributed by atoms with Crippen LogP contribution in [-0.2, 0) is 13.0 Å². The molecule has 4 rings (SSSR count). The summed E-state index contributed by atoms with van der Waals surface area (Å²) < 4.78 is 2.32. The van der Waals surface area contributed by atoms with E-state index in [9.17, 15) is 4.79 Å². The number of amides is 1. The highest BCUT2D eigenvalue weighted by Crippen LogP contribution is 2.31. The first-order valence-electron chi connectivity index (χ1n) is 9.85. The number of carbonyl (C=O) groups is 1. The van der Waals surface area contributed by atoms with Gasteiger partial charge in [0.05, 0.1) is 5.56 Å². The summed E-state index contributed by atoms with van der Waals surface area (Å²) in [5.41, 5.74) is 0.584. The highest BCUT2D eigenvalue weighted by molar-refractivity contribution is 5.93. The Morgan fingerprint density at radius 3 is 2.65 bits per heavy atom. The second-order valence-corrected chi connectivity index (χ2v) is 7.57. The number of piperidine rings is 1. The van der Waals surface area contributed by atoms with E-state index in [1.807, 2.05) is 18.0 Å². The van der Waals surface area contributed by atoms with Gasteiger partial charge in [0.2, 0.25) is 0 Å². The van der Waals surface area contributed by atoms with Crippen LogP contribution in [0.4, 0.5) is 0 Å². The van der Waals surface area contributed by atoms with Crippen molar-refractivity contribution in [2.45, 2.75) is 57.9 Å². The Labute approximate surface area is 154 Å². The van der Waals surface area contributed by atoms with E-state index in [4.69, 9.17) is 0 Å². The zero-order valence-corrected chi connectivity index (χ0v) is 15.5. The number of nitrogens with zero attached hydrogens (tertiary/aromatic N) is 5. The van der Waals surface area contributed by atoms with Crippen LogP contribution < -0.4 is 0 Å². The lowest BCUT2D eigenvalue weighted by Crippen LogP contribution is -2.40. The Kier molecular flexibility index (Phi) is 5.00. The molecule has 6 nitrogen and oxygen atoms in total. The van der Waals surface area contributed by atoms with E-state index < -0.39 is 0 Å². The first kappa shape index (κ1) is 17.2. The summed E-state index contributed by atoms with van der Waals surface area (Å²) in [5, 5.41) is 0. The molecule has 2 aliphatic rings. The van der Waals surface area contributed by atoms with Gasteiger partial charge in [-0.05, 0) is 31.6 Å². The Balaban J connectivity index is 1.45. The minimum Gasteiger partial charge on any atom is -0.338 e. The summed E-state index contributed by atoms with van der Waals surface area (Å²) in [7, 11) is 0. The lowest BCUT2D eigenvalue weighted by atomic mass is 9.85. The summed E-state index contributed by atoms with van der Waals surface area (Å²) >= 11 is 0. The first-order chi connectivity index (χ1) is 12.7. The number of carbonyl (C=O) groups excluding carboxylic acids is 1. The van der Waals surface area contributed by atoms with Gasteiger partial charge in [0.1, 0.15) is 11.6 Å². The molecule has 1 saturated carbocycles. The number of imidazole rings is 1. The van der Waals surface area contributed by atoms with Crippen LogP contribution in [0.1, 0.15) is 67.0 Å². The van der Waals surface area contributed by atoms with E-state index in [0.717, 1.165) is 56.5 Å². The third-order valence-electron chi connectivity index (χ3n) is 5.77. The normalized spacial score (nSPS) is 20.8. The number of hydrogen-bond acceptors (Lipinski definition) is 4. The molecule has 3 heterocycles. The minimum atomic E-state index is 0.0365. The molecule has 1 amide bonds. The van der Waals surface area contributed by atoms with Gasteiger partial charge in [0.25, 0.3) is 5.91 Å². The van der Waals surface area contributed by atoms with Crippen LogP contribution >= 0.6 is 0 Å². The molecule has 1 aliphatic heterocycles. The maximum Gasteiger partial charge on any atom is 0.257 e. The summed E-state index contributed by atoms with van der Waals surface area (Å²) in [6.45, 7) is 4.62. The van der Waals surface area contributed by atoms with E-state index in [2.05, 4.69) is 25.7 Å². The Morgan fingerprint density at radius 1 is 1.15 bits per heavy atom. The van der Waals surface area contributed by atoms with E-state index in [1.54, 1.807) is 12.4 Å². The minimum absolute atomic E-state index is 0.0365. The van der Waals surface area contributed by atoms with Gasteiger partial charge in [0, 0.05) is 56.8 Å². The molecule has 0 radical (unpaired) electrons. The molecule has 0 bridgehead atoms. The second kappa shape index (κ2) is 7.56. The maximum atomic E-state index is 12.9. The highest BCUT2D eigenvalue weighted by atomic mass is 16.2. The molecule has 0 spiro atoms. The molecular formula is C20H27N5O. The molecule has 6 heteroatoms. The standard InChI is InChI=1S/C20H27N5O/c1-2-18-22-11-17(12-23-18)20(26)25-9-4-7-16(14-25)19-21-8-10-24(19)13-15-5-3-6-15/h8,10-12,15-16H,2-7,9,13-14H2,1H3/t16-/m1/s1. The Bertz CT molecular complexity index is 750. The predicted molar refractivity (Wildman–Crippen MR) is 98.9 cm³/mol. The van der Waals surface area contributed by atoms with Crippen molar-refractivity contribution in [1.82, 2.24) is 24.4 Å². The van der Waals surface area contributed by atoms with Crippen molar-refractivity contribution < 1.29 is 4.79 Å². The first-order valence-corrected chi connectivity index (χ1v) is 9.85. The molecule has 1 aliphatic carbocycles. The summed E-state index contributed by atoms with van der Waals surface area (Å²) in [6.07, 6.45) is 14.3. The van der Waals surface area contributed by atoms with Crippen molar-refractivity contribution in [2.24, 2.45) is 5.92 Å². The third-order valence-corrected chi connectivity index (χ3v) is 5.77. The summed E-state index contributed by atoms with van der Waals surface area (Å²) in [5.74, 6) is 3.08. The van der Waals surface area contributed by atoms with E-state index >= 15 is 0 Å². The van der Waals surface area contributed by atoms with Gasteiger partial charge in [-0.25, -0.2) is 15.0 Å². The molecule has 2 aromatic rings. The fraction of sp³-hybridized carbons (Fsp3) is 0.600. The topological polar surface area (TPSA) is 63.9 Å². The quantitative estimate of drug-likeness (QED) is 0.829. The zero-order chi connectivity index (χ0) is 17.9. The van der Waals surface area contributed by atoms with Crippen LogP contribution in [-0.4, -0.2) is 43.4 Å². The van der Waals surface area contributed by atoms with Gasteiger partial charge in [-0.2, -0.15) is 0 Å². The van der Waals surface area contributed by atoms with Gasteiger partial charge >= 0.3 is 0 Å². The molecule has 1 atom stereocenters. The number of hydrogen-bond donors (Lipinski definition) is 0. The Morgan fingerprint density at radius 2 is 1.96 bits per heavy atom. The van der Waals surface area contributed by atoms with E-state index in [0.29, 0.717) is 11.5 Å². The number of aromatic nitrogens is 4. The van der Waals surface area contributed by atoms with Crippen LogP contribution in [0, 0.1) is 5.92 Å². The monoisotopic (exact) mass is 353 g/mol. The molecular weight excluding hydrogens is 326 g/mol. The number of rotatable bonds is 5. The average Bonchev–Trinajstić information content (AvgIpc) is 3.13. The van der Waals surface area contributed by atoms with Crippen LogP contribution in [0.3, 0.4) is 0 Å². The molecule has 26 heavy (non-hydrogen) atoms. The number of likely N-dealkylation sites (tertiary alicyclic amines) is 1. The molecule has 138 valence electrons. The van der Waals surface area contributed by atoms with Crippen molar-refractivity contribution in [3.05, 3.63) is 42.0 Å². The summed E-state index contributed by atoms with van der Waals surface area (Å²) in [6, 6.07) is 0. The van der Waals surface area contributed by atoms with Crippen molar-refractivity contribution in [1.29, 1.82) is 0 Å². The van der Waals surface area contributed by atoms with E-state index in [-0.39, 0.29) is 5.91 Å². The largest absolute Gasteiger partial charge is 0.338 e. The van der Waals surface area contributed by atoms with Gasteiger partial charge in [-0.15, -0.1) is 0 Å². The highest BCUT2D eigenvalue weighted by Gasteiger charge is 2.29. The predicted octanol–water partition coefficient (Wildman–Crippen LogP) is 3.06. The molecule has 0 aromatic carbocycles. The SMILES string of the molecule is CCc1ncc(C(=O)N2CCC[C@@H](c3nccn3CC3CCC3)C2)cn1. The molecule has 2 aromatic heterocycles. The zero-order valence-electron chi connectivity index (χ0n) is 15.5. The third kappa shape index (κ3) is 3.50. The van der Waals surface area contributed by atoms with Crippen LogP contribution in [0.5, 0.6) is 0 Å². The molecule has 1 saturated heterocycles. The molecule has 2 fully saturated rings. The lowest BCUT2D eigenvalue weighted by molar-refractivity contribution is 0.0701. The van der Waals surface area contributed by atoms with Gasteiger partial charge in [-0.1, -0.05) is 13.3 Å². The van der Waals surface area contributed by atoms with Crippen LogP contribution in [0.15, 0.2) is 24.8 Å². The van der Waals surface area contributed by atoms with Crippen LogP contribution in [0.25, 0.3) is 0 Å². The van der Waals surface area contributed by atoms with Gasteiger partial charge < -0.3 is 9.47 Å². The summed E-state index contributed by atoms with van der Waals surface area (Å²) in [4.78, 5) is 28.0. The average molecular weight is 353 g/mol. The molecule has 0 unspecified atom stereocenters. The van der Waals surface area contributed by atoms with E-state index in [1.165, 1.54) is 19.3 Å². The van der Waals surface area contributed by atoms with Crippen molar-refractivity contribution >= 4 is 5.91 Å². The lowest BCUT2D eigenvalue weighted by Gasteiger charge is -2.33. The van der Waals surface area contributed by atoms with Crippen LogP contribution in [0.2, 0.25) is 0 Å². The maximum absolute atomic E-state index is 12.9. The van der Waals surface area contributed by atoms with Gasteiger partial charge in [0.15, 0.2) is 0 Å². The number of aryl methyl sites for hydroxylation is 1. The van der Waals surface area contributed by atoms with Gasteiger partial charge in [-0.3, -0.25) is 4.79 Å². The fourth-order valence-electron chi connectivity index (χ4n) is 3.99. The van der Waals surface area contributed by atoms with Crippen molar-refractivity contribution in [3.8, 4) is 0 Å². The smallest absolute Gasteiger partial charge is 0.257 e. The second-order valence-electron chi connectivity index (χ2n) is 7.57. The Hall–Kier alpha value is -2.24. The van der Waals surface area contributed by atoms with Crippen molar-refractivity contribution in [3.63, 3.8) is 0 Å². The fourth-order valence-corrected chi connectivity index (χ4v) is 3.99.